The quantitative estimate of drug-likeness (QED) is 0.538. The molecule has 0 heterocycles. The highest BCUT2D eigenvalue weighted by Gasteiger charge is 2.49. The summed E-state index contributed by atoms with van der Waals surface area (Å²) < 4.78 is 0. The molecule has 1 fully saturated rings. The Balaban J connectivity index is 2.09. The first-order valence-corrected chi connectivity index (χ1v) is 5.79. The molecule has 1 saturated carbocycles. The van der Waals surface area contributed by atoms with Gasteiger partial charge >= 0.3 is 0 Å². The maximum Gasteiger partial charge on any atom is 0.136 e. The molecule has 2 aliphatic rings. The zero-order valence-corrected chi connectivity index (χ0v) is 9.25. The van der Waals surface area contributed by atoms with Crippen LogP contribution in [-0.4, -0.2) is 5.78 Å². The van der Waals surface area contributed by atoms with Crippen molar-refractivity contribution in [3.63, 3.8) is 0 Å². The summed E-state index contributed by atoms with van der Waals surface area (Å²) in [6, 6.07) is 0. The van der Waals surface area contributed by atoms with E-state index in [0.29, 0.717) is 23.0 Å². The van der Waals surface area contributed by atoms with Gasteiger partial charge in [-0.05, 0) is 37.0 Å². The van der Waals surface area contributed by atoms with Crippen molar-refractivity contribution >= 4 is 5.78 Å². The zero-order valence-electron chi connectivity index (χ0n) is 9.25. The molecule has 1 nitrogen and oxygen atoms in total. The number of carbonyl (C=O) groups is 1. The van der Waals surface area contributed by atoms with Gasteiger partial charge in [-0.3, -0.25) is 4.79 Å². The second-order valence-electron chi connectivity index (χ2n) is 5.46. The second-order valence-corrected chi connectivity index (χ2v) is 5.46. The van der Waals surface area contributed by atoms with Crippen LogP contribution in [0.25, 0.3) is 0 Å². The molecule has 0 bridgehead atoms. The van der Waals surface area contributed by atoms with Gasteiger partial charge in [0.15, 0.2) is 0 Å². The van der Waals surface area contributed by atoms with Crippen LogP contribution in [0.1, 0.15) is 46.0 Å². The molecule has 78 valence electrons. The average molecular weight is 192 g/mol. The Bertz CT molecular complexity index is 262. The molecule has 0 amide bonds. The molecule has 0 radical (unpaired) electrons. The lowest BCUT2D eigenvalue weighted by molar-refractivity contribution is -0.136. The minimum Gasteiger partial charge on any atom is -0.299 e. The van der Waals surface area contributed by atoms with Gasteiger partial charge in [-0.2, -0.15) is 0 Å². The zero-order chi connectivity index (χ0) is 10.2. The molecule has 14 heavy (non-hydrogen) atoms. The standard InChI is InChI=1S/C13H20O/c1-13(2)9-10-11(13)7-5-3-4-6-8-12(10)14/h3-4,10-11H,5-9H2,1-2H3. The summed E-state index contributed by atoms with van der Waals surface area (Å²) >= 11 is 0. The Hall–Kier alpha value is -0.590. The van der Waals surface area contributed by atoms with E-state index in [1.165, 1.54) is 6.42 Å². The smallest absolute Gasteiger partial charge is 0.136 e. The Kier molecular flexibility index (Phi) is 2.50. The summed E-state index contributed by atoms with van der Waals surface area (Å²) in [7, 11) is 0. The summed E-state index contributed by atoms with van der Waals surface area (Å²) in [5.41, 5.74) is 0.415. The van der Waals surface area contributed by atoms with E-state index in [-0.39, 0.29) is 0 Å². The maximum absolute atomic E-state index is 11.8. The fourth-order valence-corrected chi connectivity index (χ4v) is 3.10. The highest BCUT2D eigenvalue weighted by Crippen LogP contribution is 2.53. The lowest BCUT2D eigenvalue weighted by Crippen LogP contribution is -2.47. The predicted molar refractivity (Wildman–Crippen MR) is 58.0 cm³/mol. The Morgan fingerprint density at radius 1 is 1.29 bits per heavy atom. The van der Waals surface area contributed by atoms with Crippen LogP contribution < -0.4 is 0 Å². The van der Waals surface area contributed by atoms with E-state index in [1.807, 2.05) is 0 Å². The third-order valence-corrected chi connectivity index (χ3v) is 4.02. The van der Waals surface area contributed by atoms with Gasteiger partial charge in [-0.25, -0.2) is 0 Å². The fourth-order valence-electron chi connectivity index (χ4n) is 3.10. The monoisotopic (exact) mass is 192 g/mol. The lowest BCUT2D eigenvalue weighted by Gasteiger charge is -2.51. The molecule has 0 aromatic heterocycles. The van der Waals surface area contributed by atoms with E-state index >= 15 is 0 Å². The van der Waals surface area contributed by atoms with Crippen molar-refractivity contribution in [3.05, 3.63) is 12.2 Å². The number of hydrogen-bond acceptors (Lipinski definition) is 1. The van der Waals surface area contributed by atoms with Crippen LogP contribution in [0.15, 0.2) is 12.2 Å². The van der Waals surface area contributed by atoms with Crippen molar-refractivity contribution in [2.45, 2.75) is 46.0 Å². The van der Waals surface area contributed by atoms with Crippen LogP contribution >= 0.6 is 0 Å². The second kappa shape index (κ2) is 3.52. The van der Waals surface area contributed by atoms with Crippen molar-refractivity contribution in [2.24, 2.45) is 17.3 Å². The van der Waals surface area contributed by atoms with Gasteiger partial charge in [0.1, 0.15) is 5.78 Å². The van der Waals surface area contributed by atoms with Crippen LogP contribution in [0, 0.1) is 17.3 Å². The van der Waals surface area contributed by atoms with Gasteiger partial charge in [0.05, 0.1) is 0 Å². The Morgan fingerprint density at radius 3 is 2.71 bits per heavy atom. The summed E-state index contributed by atoms with van der Waals surface area (Å²) in [6.45, 7) is 4.62. The van der Waals surface area contributed by atoms with E-state index in [1.54, 1.807) is 0 Å². The van der Waals surface area contributed by atoms with E-state index in [0.717, 1.165) is 25.7 Å². The van der Waals surface area contributed by atoms with E-state index in [9.17, 15) is 4.79 Å². The number of Topliss-reactive ketones (excluding diaryl/α,β-unsaturated/α-hetero) is 1. The molecule has 2 unspecified atom stereocenters. The maximum atomic E-state index is 11.8. The number of carbonyl (C=O) groups excluding carboxylic acids is 1. The predicted octanol–water partition coefficient (Wildman–Crippen LogP) is 3.35. The van der Waals surface area contributed by atoms with Crippen molar-refractivity contribution < 1.29 is 4.79 Å². The molecule has 0 aromatic carbocycles. The molecule has 2 aliphatic carbocycles. The van der Waals surface area contributed by atoms with Gasteiger partial charge < -0.3 is 0 Å². The third-order valence-electron chi connectivity index (χ3n) is 4.02. The number of hydrogen-bond donors (Lipinski definition) is 0. The van der Waals surface area contributed by atoms with E-state index < -0.39 is 0 Å². The van der Waals surface area contributed by atoms with E-state index in [2.05, 4.69) is 26.0 Å². The molecule has 1 heteroatoms. The van der Waals surface area contributed by atoms with Gasteiger partial charge in [-0.15, -0.1) is 0 Å². The van der Waals surface area contributed by atoms with Gasteiger partial charge in [0, 0.05) is 12.3 Å². The molecular weight excluding hydrogens is 172 g/mol. The number of rotatable bonds is 0. The van der Waals surface area contributed by atoms with Crippen molar-refractivity contribution in [1.29, 1.82) is 0 Å². The normalized spacial score (nSPS) is 36.3. The summed E-state index contributed by atoms with van der Waals surface area (Å²) in [5.74, 6) is 1.56. The van der Waals surface area contributed by atoms with E-state index in [4.69, 9.17) is 0 Å². The minimum absolute atomic E-state index is 0.393. The molecule has 0 saturated heterocycles. The van der Waals surface area contributed by atoms with Crippen LogP contribution in [0.2, 0.25) is 0 Å². The molecule has 0 aromatic rings. The van der Waals surface area contributed by atoms with Crippen molar-refractivity contribution in [1.82, 2.24) is 0 Å². The highest BCUT2D eigenvalue weighted by atomic mass is 16.1. The summed E-state index contributed by atoms with van der Waals surface area (Å²) in [6.07, 6.45) is 9.66. The third kappa shape index (κ3) is 1.65. The van der Waals surface area contributed by atoms with Gasteiger partial charge in [0.2, 0.25) is 0 Å². The minimum atomic E-state index is 0.393. The van der Waals surface area contributed by atoms with Crippen molar-refractivity contribution in [2.75, 3.05) is 0 Å². The fraction of sp³-hybridized carbons (Fsp3) is 0.769. The molecule has 0 spiro atoms. The highest BCUT2D eigenvalue weighted by molar-refractivity contribution is 5.82. The molecular formula is C13H20O. The van der Waals surface area contributed by atoms with Gasteiger partial charge in [0.25, 0.3) is 0 Å². The van der Waals surface area contributed by atoms with Gasteiger partial charge in [-0.1, -0.05) is 26.0 Å². The summed E-state index contributed by atoms with van der Waals surface area (Å²) in [4.78, 5) is 11.8. The van der Waals surface area contributed by atoms with Crippen LogP contribution in [0.4, 0.5) is 0 Å². The van der Waals surface area contributed by atoms with Crippen LogP contribution in [0.3, 0.4) is 0 Å². The molecule has 2 atom stereocenters. The van der Waals surface area contributed by atoms with Crippen molar-refractivity contribution in [3.8, 4) is 0 Å². The first-order chi connectivity index (χ1) is 6.61. The molecule has 2 rings (SSSR count). The first kappa shape index (κ1) is 9.95. The average Bonchev–Trinajstić information content (AvgIpc) is 2.18. The Labute approximate surface area is 86.6 Å². The summed E-state index contributed by atoms with van der Waals surface area (Å²) in [5, 5.41) is 0. The topological polar surface area (TPSA) is 17.1 Å². The SMILES string of the molecule is CC1(C)CC2C(=O)CCC=CCCC21. The van der Waals surface area contributed by atoms with Crippen LogP contribution in [0.5, 0.6) is 0 Å². The first-order valence-electron chi connectivity index (χ1n) is 5.79. The largest absolute Gasteiger partial charge is 0.299 e. The lowest BCUT2D eigenvalue weighted by atomic mass is 9.53. The molecule has 0 aliphatic heterocycles. The van der Waals surface area contributed by atoms with Crippen LogP contribution in [-0.2, 0) is 4.79 Å². The number of allylic oxidation sites excluding steroid dienone is 2. The number of fused-ring (bicyclic) bond motifs is 1. The Morgan fingerprint density at radius 2 is 2.00 bits per heavy atom. The molecule has 0 N–H and O–H groups in total. The number of ketones is 1.